The summed E-state index contributed by atoms with van der Waals surface area (Å²) in [6.07, 6.45) is 5.82. The molecule has 28 heavy (non-hydrogen) atoms. The molecular formula is C20H23N5O2S. The highest BCUT2D eigenvalue weighted by atomic mass is 32.2. The first-order valence-corrected chi connectivity index (χ1v) is 10.6. The average Bonchev–Trinajstić information content (AvgIpc) is 3.17. The van der Waals surface area contributed by atoms with Crippen molar-refractivity contribution in [2.24, 2.45) is 0 Å². The molecule has 8 heteroatoms. The maximum absolute atomic E-state index is 12.7. The van der Waals surface area contributed by atoms with Gasteiger partial charge in [-0.25, -0.2) is 9.67 Å². The molecule has 1 fully saturated rings. The number of benzene rings is 1. The molecule has 3 heterocycles. The summed E-state index contributed by atoms with van der Waals surface area (Å²) in [6, 6.07) is 9.89. The van der Waals surface area contributed by atoms with Crippen LogP contribution in [0.5, 0.6) is 0 Å². The minimum Gasteiger partial charge on any atom is -0.339 e. The molecule has 1 aromatic carbocycles. The van der Waals surface area contributed by atoms with Gasteiger partial charge in [-0.2, -0.15) is 5.10 Å². The molecule has 0 radical (unpaired) electrons. The van der Waals surface area contributed by atoms with Crippen LogP contribution in [0.3, 0.4) is 0 Å². The highest BCUT2D eigenvalue weighted by Gasteiger charge is 2.25. The average molecular weight is 398 g/mol. The fraction of sp³-hybridized carbons (Fsp3) is 0.400. The molecule has 2 aromatic heterocycles. The van der Waals surface area contributed by atoms with Gasteiger partial charge in [0, 0.05) is 12.6 Å². The van der Waals surface area contributed by atoms with E-state index in [-0.39, 0.29) is 17.2 Å². The number of carbonyl (C=O) groups excluding carboxylic acids is 1. The van der Waals surface area contributed by atoms with Gasteiger partial charge in [0.1, 0.15) is 5.39 Å². The molecule has 0 spiro atoms. The number of aromatic amines is 1. The van der Waals surface area contributed by atoms with Crippen LogP contribution in [-0.2, 0) is 4.79 Å². The lowest BCUT2D eigenvalue weighted by Crippen LogP contribution is -2.44. The minimum atomic E-state index is -0.244. The van der Waals surface area contributed by atoms with Crippen molar-refractivity contribution in [2.45, 2.75) is 43.8 Å². The summed E-state index contributed by atoms with van der Waals surface area (Å²) in [4.78, 5) is 34.5. The molecule has 0 unspecified atom stereocenters. The van der Waals surface area contributed by atoms with Gasteiger partial charge in [-0.3, -0.25) is 9.59 Å². The summed E-state index contributed by atoms with van der Waals surface area (Å²) in [5.74, 6) is 0.376. The predicted molar refractivity (Wildman–Crippen MR) is 110 cm³/mol. The number of fused-ring (bicyclic) bond motifs is 1. The molecule has 0 aliphatic carbocycles. The molecule has 1 aliphatic heterocycles. The van der Waals surface area contributed by atoms with Gasteiger partial charge < -0.3 is 9.88 Å². The summed E-state index contributed by atoms with van der Waals surface area (Å²) < 4.78 is 1.65. The Morgan fingerprint density at radius 2 is 2.11 bits per heavy atom. The Labute approximate surface area is 167 Å². The van der Waals surface area contributed by atoms with Crippen molar-refractivity contribution in [3.63, 3.8) is 0 Å². The van der Waals surface area contributed by atoms with Crippen LogP contribution in [0.2, 0.25) is 0 Å². The molecule has 0 bridgehead atoms. The SMILES string of the molecule is CC[C@H]1CCCCN1C(=O)CSc1nc2c(cnn2-c2ccccc2)c(=O)[nH]1. The molecule has 1 amide bonds. The standard InChI is InChI=1S/C20H23N5O2S/c1-2-14-8-6-7-11-24(14)17(26)13-28-20-22-18-16(19(27)23-20)12-21-25(18)15-9-4-3-5-10-15/h3-5,9-10,12,14H,2,6-8,11,13H2,1H3,(H,22,23,27)/t14-/m0/s1. The first-order chi connectivity index (χ1) is 13.7. The summed E-state index contributed by atoms with van der Waals surface area (Å²) in [7, 11) is 0. The lowest BCUT2D eigenvalue weighted by atomic mass is 10.0. The second kappa shape index (κ2) is 8.18. The number of hydrogen-bond acceptors (Lipinski definition) is 5. The van der Waals surface area contributed by atoms with E-state index in [4.69, 9.17) is 0 Å². The van der Waals surface area contributed by atoms with E-state index in [0.717, 1.165) is 31.5 Å². The Morgan fingerprint density at radius 3 is 2.89 bits per heavy atom. The second-order valence-corrected chi connectivity index (χ2v) is 7.90. The van der Waals surface area contributed by atoms with Crippen LogP contribution in [-0.4, -0.2) is 48.9 Å². The van der Waals surface area contributed by atoms with Gasteiger partial charge in [-0.05, 0) is 37.8 Å². The van der Waals surface area contributed by atoms with E-state index in [9.17, 15) is 9.59 Å². The molecule has 1 N–H and O–H groups in total. The molecule has 1 aliphatic rings. The van der Waals surface area contributed by atoms with Gasteiger partial charge in [-0.1, -0.05) is 36.9 Å². The van der Waals surface area contributed by atoms with Crippen LogP contribution in [0.4, 0.5) is 0 Å². The number of likely N-dealkylation sites (tertiary alicyclic amines) is 1. The van der Waals surface area contributed by atoms with Gasteiger partial charge in [0.2, 0.25) is 5.91 Å². The number of carbonyl (C=O) groups is 1. The number of rotatable bonds is 5. The summed E-state index contributed by atoms with van der Waals surface area (Å²) in [6.45, 7) is 2.95. The lowest BCUT2D eigenvalue weighted by molar-refractivity contribution is -0.132. The largest absolute Gasteiger partial charge is 0.339 e. The molecule has 0 saturated carbocycles. The molecule has 146 valence electrons. The highest BCUT2D eigenvalue weighted by Crippen LogP contribution is 2.22. The van der Waals surface area contributed by atoms with Gasteiger partial charge in [0.15, 0.2) is 10.8 Å². The van der Waals surface area contributed by atoms with Gasteiger partial charge in [-0.15, -0.1) is 0 Å². The Bertz CT molecular complexity index is 1030. The van der Waals surface area contributed by atoms with Crippen molar-refractivity contribution in [3.8, 4) is 5.69 Å². The van der Waals surface area contributed by atoms with E-state index in [0.29, 0.717) is 22.2 Å². The fourth-order valence-corrected chi connectivity index (χ4v) is 4.43. The lowest BCUT2D eigenvalue weighted by Gasteiger charge is -2.35. The smallest absolute Gasteiger partial charge is 0.262 e. The van der Waals surface area contributed by atoms with E-state index in [1.807, 2.05) is 35.2 Å². The number of amides is 1. The third-order valence-electron chi connectivity index (χ3n) is 5.17. The monoisotopic (exact) mass is 397 g/mol. The number of piperidine rings is 1. The molecule has 4 rings (SSSR count). The van der Waals surface area contributed by atoms with Crippen LogP contribution in [0.15, 0.2) is 46.5 Å². The van der Waals surface area contributed by atoms with E-state index in [1.54, 1.807) is 4.68 Å². The predicted octanol–water partition coefficient (Wildman–Crippen LogP) is 2.99. The summed E-state index contributed by atoms with van der Waals surface area (Å²) in [5, 5.41) is 5.18. The maximum Gasteiger partial charge on any atom is 0.262 e. The first-order valence-electron chi connectivity index (χ1n) is 9.63. The zero-order chi connectivity index (χ0) is 19.5. The zero-order valence-electron chi connectivity index (χ0n) is 15.8. The Hall–Kier alpha value is -2.61. The minimum absolute atomic E-state index is 0.107. The third kappa shape index (κ3) is 3.69. The van der Waals surface area contributed by atoms with Crippen LogP contribution in [0, 0.1) is 0 Å². The van der Waals surface area contributed by atoms with Crippen LogP contribution in [0.1, 0.15) is 32.6 Å². The topological polar surface area (TPSA) is 83.9 Å². The molecular weight excluding hydrogens is 374 g/mol. The van der Waals surface area contributed by atoms with Crippen LogP contribution in [0.25, 0.3) is 16.7 Å². The normalized spacial score (nSPS) is 17.2. The van der Waals surface area contributed by atoms with Crippen LogP contribution < -0.4 is 5.56 Å². The van der Waals surface area contributed by atoms with E-state index in [2.05, 4.69) is 22.0 Å². The quantitative estimate of drug-likeness (QED) is 0.529. The molecule has 1 atom stereocenters. The fourth-order valence-electron chi connectivity index (χ4n) is 3.69. The number of thioether (sulfide) groups is 1. The highest BCUT2D eigenvalue weighted by molar-refractivity contribution is 7.99. The van der Waals surface area contributed by atoms with Crippen LogP contribution >= 0.6 is 11.8 Å². The summed E-state index contributed by atoms with van der Waals surface area (Å²) >= 11 is 1.27. The van der Waals surface area contributed by atoms with Crippen molar-refractivity contribution in [3.05, 3.63) is 46.9 Å². The number of nitrogens with zero attached hydrogens (tertiary/aromatic N) is 4. The second-order valence-electron chi connectivity index (χ2n) is 6.93. The number of hydrogen-bond donors (Lipinski definition) is 1. The van der Waals surface area contributed by atoms with Gasteiger partial charge in [0.05, 0.1) is 17.6 Å². The number of nitrogens with one attached hydrogen (secondary N) is 1. The zero-order valence-corrected chi connectivity index (χ0v) is 16.6. The number of aromatic nitrogens is 4. The Kier molecular flexibility index (Phi) is 5.47. The van der Waals surface area contributed by atoms with Crippen molar-refractivity contribution in [1.29, 1.82) is 0 Å². The van der Waals surface area contributed by atoms with Crippen molar-refractivity contribution in [1.82, 2.24) is 24.6 Å². The number of H-pyrrole nitrogens is 1. The van der Waals surface area contributed by atoms with Crippen molar-refractivity contribution >= 4 is 28.7 Å². The van der Waals surface area contributed by atoms with E-state index < -0.39 is 0 Å². The molecule has 7 nitrogen and oxygen atoms in total. The van der Waals surface area contributed by atoms with Gasteiger partial charge >= 0.3 is 0 Å². The Morgan fingerprint density at radius 1 is 1.29 bits per heavy atom. The third-order valence-corrected chi connectivity index (χ3v) is 6.03. The summed E-state index contributed by atoms with van der Waals surface area (Å²) in [5.41, 5.74) is 1.09. The molecule has 3 aromatic rings. The van der Waals surface area contributed by atoms with E-state index in [1.165, 1.54) is 24.4 Å². The number of para-hydroxylation sites is 1. The van der Waals surface area contributed by atoms with Gasteiger partial charge in [0.25, 0.3) is 5.56 Å². The van der Waals surface area contributed by atoms with Crippen molar-refractivity contribution in [2.75, 3.05) is 12.3 Å². The van der Waals surface area contributed by atoms with E-state index >= 15 is 0 Å². The van der Waals surface area contributed by atoms with Crippen molar-refractivity contribution < 1.29 is 4.79 Å². The first kappa shape index (κ1) is 18.7. The molecule has 1 saturated heterocycles. The maximum atomic E-state index is 12.7. The Balaban J connectivity index is 1.56.